The standard InChI is InChI=1S/C16H17NO4S/c1-3-21-16(20)14-13(11-7-5-4-6-8-11)10(2)22-15(14)17-9-12(18)19/h4-8,17H,3,9H2,1-2H3,(H,18,19). The second kappa shape index (κ2) is 7.09. The summed E-state index contributed by atoms with van der Waals surface area (Å²) in [6, 6.07) is 9.52. The van der Waals surface area contributed by atoms with Crippen molar-refractivity contribution in [2.45, 2.75) is 13.8 Å². The number of carbonyl (C=O) groups excluding carboxylic acids is 1. The molecule has 0 aliphatic rings. The molecule has 0 bridgehead atoms. The first kappa shape index (κ1) is 16.0. The number of rotatable bonds is 6. The Morgan fingerprint density at radius 1 is 1.27 bits per heavy atom. The molecule has 2 rings (SSSR count). The number of carboxylic acids is 1. The molecule has 1 heterocycles. The first-order valence-corrected chi connectivity index (χ1v) is 7.67. The van der Waals surface area contributed by atoms with Crippen LogP contribution in [0, 0.1) is 6.92 Å². The van der Waals surface area contributed by atoms with Gasteiger partial charge < -0.3 is 15.2 Å². The van der Waals surface area contributed by atoms with Crippen molar-refractivity contribution >= 4 is 28.3 Å². The minimum absolute atomic E-state index is 0.249. The van der Waals surface area contributed by atoms with Crippen LogP contribution in [-0.2, 0) is 9.53 Å². The maximum atomic E-state index is 12.3. The van der Waals surface area contributed by atoms with Gasteiger partial charge in [0, 0.05) is 10.4 Å². The normalized spacial score (nSPS) is 10.3. The third kappa shape index (κ3) is 3.46. The predicted molar refractivity (Wildman–Crippen MR) is 86.6 cm³/mol. The van der Waals surface area contributed by atoms with Crippen molar-refractivity contribution in [3.8, 4) is 11.1 Å². The van der Waals surface area contributed by atoms with Gasteiger partial charge in [-0.15, -0.1) is 11.3 Å². The molecule has 0 radical (unpaired) electrons. The predicted octanol–water partition coefficient (Wildman–Crippen LogP) is 3.40. The quantitative estimate of drug-likeness (QED) is 0.798. The van der Waals surface area contributed by atoms with E-state index < -0.39 is 11.9 Å². The third-order valence-corrected chi connectivity index (χ3v) is 4.09. The summed E-state index contributed by atoms with van der Waals surface area (Å²) in [5.41, 5.74) is 2.09. The summed E-state index contributed by atoms with van der Waals surface area (Å²) in [5.74, 6) is -1.43. The molecule has 2 aromatic rings. The van der Waals surface area contributed by atoms with Crippen LogP contribution in [0.3, 0.4) is 0 Å². The lowest BCUT2D eigenvalue weighted by atomic mass is 10.0. The summed E-state index contributed by atoms with van der Waals surface area (Å²) in [5, 5.41) is 12.2. The van der Waals surface area contributed by atoms with Crippen molar-refractivity contribution in [1.82, 2.24) is 0 Å². The van der Waals surface area contributed by atoms with Gasteiger partial charge in [0.15, 0.2) is 0 Å². The molecule has 0 saturated heterocycles. The van der Waals surface area contributed by atoms with Crippen LogP contribution in [0.5, 0.6) is 0 Å². The maximum Gasteiger partial charge on any atom is 0.341 e. The number of carbonyl (C=O) groups is 2. The lowest BCUT2D eigenvalue weighted by molar-refractivity contribution is -0.134. The molecule has 1 aromatic heterocycles. The molecule has 0 aliphatic heterocycles. The second-order valence-electron chi connectivity index (χ2n) is 4.57. The topological polar surface area (TPSA) is 75.6 Å². The molecule has 0 atom stereocenters. The van der Waals surface area contributed by atoms with Gasteiger partial charge in [-0.05, 0) is 19.4 Å². The van der Waals surface area contributed by atoms with E-state index in [0.29, 0.717) is 10.6 Å². The van der Waals surface area contributed by atoms with E-state index in [-0.39, 0.29) is 13.2 Å². The van der Waals surface area contributed by atoms with Gasteiger partial charge in [0.1, 0.15) is 17.1 Å². The molecule has 116 valence electrons. The van der Waals surface area contributed by atoms with Crippen molar-refractivity contribution in [2.24, 2.45) is 0 Å². The number of thiophene rings is 1. The summed E-state index contributed by atoms with van der Waals surface area (Å²) in [4.78, 5) is 24.0. The average Bonchev–Trinajstić information content (AvgIpc) is 2.83. The van der Waals surface area contributed by atoms with Crippen molar-refractivity contribution in [3.05, 3.63) is 40.8 Å². The number of benzene rings is 1. The Bertz CT molecular complexity index is 679. The fraction of sp³-hybridized carbons (Fsp3) is 0.250. The summed E-state index contributed by atoms with van der Waals surface area (Å²) in [7, 11) is 0. The number of hydrogen-bond donors (Lipinski definition) is 2. The van der Waals surface area contributed by atoms with Gasteiger partial charge in [-0.25, -0.2) is 4.79 Å². The highest BCUT2D eigenvalue weighted by Crippen LogP contribution is 2.40. The number of anilines is 1. The number of esters is 1. The van der Waals surface area contributed by atoms with E-state index in [1.54, 1.807) is 6.92 Å². The zero-order chi connectivity index (χ0) is 16.1. The van der Waals surface area contributed by atoms with Gasteiger partial charge in [0.25, 0.3) is 0 Å². The SMILES string of the molecule is CCOC(=O)c1c(NCC(=O)O)sc(C)c1-c1ccccc1. The zero-order valence-electron chi connectivity index (χ0n) is 12.4. The minimum atomic E-state index is -0.984. The molecule has 0 spiro atoms. The van der Waals surface area contributed by atoms with Crippen molar-refractivity contribution in [1.29, 1.82) is 0 Å². The van der Waals surface area contributed by atoms with Crippen LogP contribution in [0.25, 0.3) is 11.1 Å². The molecule has 0 fully saturated rings. The molecule has 0 saturated carbocycles. The van der Waals surface area contributed by atoms with E-state index in [9.17, 15) is 9.59 Å². The number of carboxylic acid groups (broad SMARTS) is 1. The molecule has 0 aliphatic carbocycles. The van der Waals surface area contributed by atoms with Gasteiger partial charge >= 0.3 is 11.9 Å². The monoisotopic (exact) mass is 319 g/mol. The van der Waals surface area contributed by atoms with Gasteiger partial charge in [-0.3, -0.25) is 4.79 Å². The largest absolute Gasteiger partial charge is 0.480 e. The Balaban J connectivity index is 2.52. The fourth-order valence-electron chi connectivity index (χ4n) is 2.18. The van der Waals surface area contributed by atoms with Crippen molar-refractivity contribution in [2.75, 3.05) is 18.5 Å². The van der Waals surface area contributed by atoms with E-state index in [2.05, 4.69) is 5.32 Å². The Kier molecular flexibility index (Phi) is 5.16. The summed E-state index contributed by atoms with van der Waals surface area (Å²) >= 11 is 1.36. The van der Waals surface area contributed by atoms with E-state index in [0.717, 1.165) is 16.0 Å². The molecular formula is C16H17NO4S. The lowest BCUT2D eigenvalue weighted by Crippen LogP contribution is -2.14. The van der Waals surface area contributed by atoms with E-state index >= 15 is 0 Å². The van der Waals surface area contributed by atoms with E-state index in [1.165, 1.54) is 11.3 Å². The van der Waals surface area contributed by atoms with Crippen LogP contribution < -0.4 is 5.32 Å². The minimum Gasteiger partial charge on any atom is -0.480 e. The Morgan fingerprint density at radius 3 is 2.55 bits per heavy atom. The molecule has 6 heteroatoms. The number of hydrogen-bond acceptors (Lipinski definition) is 5. The third-order valence-electron chi connectivity index (χ3n) is 3.03. The lowest BCUT2D eigenvalue weighted by Gasteiger charge is -2.08. The molecule has 5 nitrogen and oxygen atoms in total. The van der Waals surface area contributed by atoms with Crippen LogP contribution in [0.4, 0.5) is 5.00 Å². The molecule has 0 unspecified atom stereocenters. The smallest absolute Gasteiger partial charge is 0.341 e. The fourth-order valence-corrected chi connectivity index (χ4v) is 3.24. The van der Waals surface area contributed by atoms with Crippen LogP contribution in [0.15, 0.2) is 30.3 Å². The van der Waals surface area contributed by atoms with Crippen LogP contribution in [0.1, 0.15) is 22.2 Å². The van der Waals surface area contributed by atoms with Crippen LogP contribution in [-0.4, -0.2) is 30.2 Å². The summed E-state index contributed by atoms with van der Waals surface area (Å²) < 4.78 is 5.13. The Hall–Kier alpha value is -2.34. The number of aliphatic carboxylic acids is 1. The van der Waals surface area contributed by atoms with Gasteiger partial charge in [0.05, 0.1) is 6.61 Å². The van der Waals surface area contributed by atoms with E-state index in [4.69, 9.17) is 9.84 Å². The molecule has 22 heavy (non-hydrogen) atoms. The highest BCUT2D eigenvalue weighted by atomic mass is 32.1. The first-order chi connectivity index (χ1) is 10.5. The van der Waals surface area contributed by atoms with Crippen LogP contribution in [0.2, 0.25) is 0 Å². The molecular weight excluding hydrogens is 302 g/mol. The maximum absolute atomic E-state index is 12.3. The number of aryl methyl sites for hydroxylation is 1. The van der Waals surface area contributed by atoms with Crippen LogP contribution >= 0.6 is 11.3 Å². The van der Waals surface area contributed by atoms with Gasteiger partial charge in [0.2, 0.25) is 0 Å². The number of ether oxygens (including phenoxy) is 1. The van der Waals surface area contributed by atoms with Gasteiger partial charge in [-0.1, -0.05) is 30.3 Å². The molecule has 1 aromatic carbocycles. The Labute approximate surface area is 132 Å². The van der Waals surface area contributed by atoms with Crippen molar-refractivity contribution in [3.63, 3.8) is 0 Å². The zero-order valence-corrected chi connectivity index (χ0v) is 13.2. The highest BCUT2D eigenvalue weighted by Gasteiger charge is 2.24. The first-order valence-electron chi connectivity index (χ1n) is 6.86. The second-order valence-corrected chi connectivity index (χ2v) is 5.80. The molecule has 0 amide bonds. The average molecular weight is 319 g/mol. The Morgan fingerprint density at radius 2 is 1.95 bits per heavy atom. The van der Waals surface area contributed by atoms with Crippen molar-refractivity contribution < 1.29 is 19.4 Å². The number of nitrogens with one attached hydrogen (secondary N) is 1. The van der Waals surface area contributed by atoms with E-state index in [1.807, 2.05) is 37.3 Å². The van der Waals surface area contributed by atoms with Gasteiger partial charge in [-0.2, -0.15) is 0 Å². The summed E-state index contributed by atoms with van der Waals surface area (Å²) in [6.45, 7) is 3.66. The summed E-state index contributed by atoms with van der Waals surface area (Å²) in [6.07, 6.45) is 0. The highest BCUT2D eigenvalue weighted by molar-refractivity contribution is 7.17. The molecule has 2 N–H and O–H groups in total.